The number of aryl methyl sites for hydroxylation is 2. The molecule has 1 atom stereocenters. The summed E-state index contributed by atoms with van der Waals surface area (Å²) in [4.78, 5) is 0. The monoisotopic (exact) mass is 316 g/mol. The van der Waals surface area contributed by atoms with Crippen molar-refractivity contribution in [2.24, 2.45) is 0 Å². The Hall–Kier alpha value is -2.38. The van der Waals surface area contributed by atoms with Crippen LogP contribution >= 0.6 is 0 Å². The molecule has 0 aliphatic rings. The molecule has 0 heterocycles. The van der Waals surface area contributed by atoms with Crippen LogP contribution in [0.4, 0.5) is 0 Å². The summed E-state index contributed by atoms with van der Waals surface area (Å²) in [6, 6.07) is 23.4. The highest BCUT2D eigenvalue weighted by atomic mass is 16.3. The molecule has 0 aliphatic carbocycles. The van der Waals surface area contributed by atoms with Crippen molar-refractivity contribution in [1.82, 2.24) is 0 Å². The fourth-order valence-electron chi connectivity index (χ4n) is 3.13. The molecule has 0 aliphatic heterocycles. The normalized spacial score (nSPS) is 12.2. The van der Waals surface area contributed by atoms with Crippen LogP contribution in [-0.4, -0.2) is 5.11 Å². The Labute approximate surface area is 144 Å². The van der Waals surface area contributed by atoms with E-state index >= 15 is 0 Å². The zero-order valence-corrected chi connectivity index (χ0v) is 14.6. The van der Waals surface area contributed by atoms with E-state index in [1.807, 2.05) is 6.92 Å². The Balaban J connectivity index is 2.17. The van der Waals surface area contributed by atoms with Gasteiger partial charge in [0.05, 0.1) is 6.10 Å². The van der Waals surface area contributed by atoms with Gasteiger partial charge >= 0.3 is 0 Å². The van der Waals surface area contributed by atoms with E-state index in [-0.39, 0.29) is 0 Å². The summed E-state index contributed by atoms with van der Waals surface area (Å²) in [5.41, 5.74) is 8.15. The van der Waals surface area contributed by atoms with Crippen LogP contribution in [0.2, 0.25) is 0 Å². The van der Waals surface area contributed by atoms with Crippen LogP contribution in [0.3, 0.4) is 0 Å². The molecule has 3 aromatic carbocycles. The number of hydrogen-bond donors (Lipinski definition) is 1. The van der Waals surface area contributed by atoms with Gasteiger partial charge in [-0.25, -0.2) is 0 Å². The van der Waals surface area contributed by atoms with Gasteiger partial charge < -0.3 is 5.11 Å². The van der Waals surface area contributed by atoms with Gasteiger partial charge in [0.2, 0.25) is 0 Å². The first kappa shape index (κ1) is 16.5. The number of rotatable bonds is 4. The average Bonchev–Trinajstić information content (AvgIpc) is 2.60. The first-order valence-corrected chi connectivity index (χ1v) is 8.54. The van der Waals surface area contributed by atoms with Gasteiger partial charge in [0.25, 0.3) is 0 Å². The average molecular weight is 316 g/mol. The van der Waals surface area contributed by atoms with E-state index in [1.54, 1.807) is 0 Å². The van der Waals surface area contributed by atoms with Crippen LogP contribution in [0.1, 0.15) is 36.1 Å². The molecule has 1 N–H and O–H groups in total. The molecule has 3 rings (SSSR count). The predicted octanol–water partition coefficient (Wildman–Crippen LogP) is 6.08. The van der Waals surface area contributed by atoms with E-state index < -0.39 is 6.10 Å². The minimum absolute atomic E-state index is 0.438. The Morgan fingerprint density at radius 1 is 0.750 bits per heavy atom. The number of aliphatic hydroxyl groups is 1. The molecule has 122 valence electrons. The molecule has 0 aromatic heterocycles. The first-order valence-electron chi connectivity index (χ1n) is 8.54. The van der Waals surface area contributed by atoms with Crippen LogP contribution < -0.4 is 0 Å². The van der Waals surface area contributed by atoms with Crippen LogP contribution in [0.15, 0.2) is 66.7 Å². The highest BCUT2D eigenvalue weighted by Gasteiger charge is 2.14. The quantitative estimate of drug-likeness (QED) is 0.618. The molecule has 0 saturated carbocycles. The SMILES string of the molecule is CC[C@H](O)c1ccc(-c2cccc(C)c2)cc1-c1cccc(C)c1. The highest BCUT2D eigenvalue weighted by Crippen LogP contribution is 2.34. The van der Waals surface area contributed by atoms with Crippen molar-refractivity contribution in [3.8, 4) is 22.3 Å². The number of hydrogen-bond acceptors (Lipinski definition) is 1. The van der Waals surface area contributed by atoms with Crippen molar-refractivity contribution < 1.29 is 5.11 Å². The van der Waals surface area contributed by atoms with Crippen LogP contribution in [0.25, 0.3) is 22.3 Å². The van der Waals surface area contributed by atoms with Gasteiger partial charge in [-0.2, -0.15) is 0 Å². The van der Waals surface area contributed by atoms with E-state index in [1.165, 1.54) is 22.3 Å². The Morgan fingerprint density at radius 2 is 1.33 bits per heavy atom. The predicted molar refractivity (Wildman–Crippen MR) is 102 cm³/mol. The second-order valence-electron chi connectivity index (χ2n) is 6.47. The summed E-state index contributed by atoms with van der Waals surface area (Å²) in [6.45, 7) is 6.23. The summed E-state index contributed by atoms with van der Waals surface area (Å²) in [6.07, 6.45) is 0.273. The Bertz CT molecular complexity index is 848. The molecule has 0 bridgehead atoms. The van der Waals surface area contributed by atoms with Gasteiger partial charge in [-0.05, 0) is 54.2 Å². The second kappa shape index (κ2) is 7.02. The van der Waals surface area contributed by atoms with Crippen LogP contribution in [0.5, 0.6) is 0 Å². The lowest BCUT2D eigenvalue weighted by molar-refractivity contribution is 0.174. The van der Waals surface area contributed by atoms with Crippen molar-refractivity contribution in [3.05, 3.63) is 83.4 Å². The zero-order chi connectivity index (χ0) is 17.1. The first-order chi connectivity index (χ1) is 11.6. The van der Waals surface area contributed by atoms with Gasteiger partial charge in [0.15, 0.2) is 0 Å². The lowest BCUT2D eigenvalue weighted by Gasteiger charge is -2.17. The minimum atomic E-state index is -0.438. The number of benzene rings is 3. The van der Waals surface area contributed by atoms with Gasteiger partial charge in [0.1, 0.15) is 0 Å². The summed E-state index contributed by atoms with van der Waals surface area (Å²) >= 11 is 0. The van der Waals surface area contributed by atoms with Crippen molar-refractivity contribution in [2.45, 2.75) is 33.3 Å². The molecule has 0 spiro atoms. The number of aliphatic hydroxyl groups excluding tert-OH is 1. The molecular weight excluding hydrogens is 292 g/mol. The van der Waals surface area contributed by atoms with Gasteiger partial charge in [-0.15, -0.1) is 0 Å². The molecule has 1 heteroatoms. The van der Waals surface area contributed by atoms with Crippen LogP contribution in [-0.2, 0) is 0 Å². The fourth-order valence-corrected chi connectivity index (χ4v) is 3.13. The lowest BCUT2D eigenvalue weighted by Crippen LogP contribution is -1.99. The minimum Gasteiger partial charge on any atom is -0.388 e. The summed E-state index contributed by atoms with van der Waals surface area (Å²) in [5.74, 6) is 0. The maximum Gasteiger partial charge on any atom is 0.0793 e. The molecule has 3 aromatic rings. The topological polar surface area (TPSA) is 20.2 Å². The molecule has 0 fully saturated rings. The van der Waals surface area contributed by atoms with Crippen molar-refractivity contribution in [3.63, 3.8) is 0 Å². The maximum absolute atomic E-state index is 10.4. The molecule has 0 radical (unpaired) electrons. The highest BCUT2D eigenvalue weighted by molar-refractivity contribution is 5.76. The fraction of sp³-hybridized carbons (Fsp3) is 0.217. The summed E-state index contributed by atoms with van der Waals surface area (Å²) < 4.78 is 0. The molecule has 0 saturated heterocycles. The van der Waals surface area contributed by atoms with E-state index in [9.17, 15) is 5.11 Å². The molecule has 0 unspecified atom stereocenters. The van der Waals surface area contributed by atoms with E-state index in [4.69, 9.17) is 0 Å². The Kier molecular flexibility index (Phi) is 4.82. The third-order valence-electron chi connectivity index (χ3n) is 4.48. The van der Waals surface area contributed by atoms with Gasteiger partial charge in [-0.1, -0.05) is 78.7 Å². The van der Waals surface area contributed by atoms with Gasteiger partial charge in [-0.3, -0.25) is 0 Å². The Morgan fingerprint density at radius 3 is 1.96 bits per heavy atom. The summed E-state index contributed by atoms with van der Waals surface area (Å²) in [7, 11) is 0. The van der Waals surface area contributed by atoms with Crippen molar-refractivity contribution >= 4 is 0 Å². The molecular formula is C23H24O. The van der Waals surface area contributed by atoms with Crippen LogP contribution in [0, 0.1) is 13.8 Å². The molecule has 1 nitrogen and oxygen atoms in total. The standard InChI is InChI=1S/C23H24O/c1-4-23(24)21-12-11-19(18-9-5-7-16(2)13-18)15-22(21)20-10-6-8-17(3)14-20/h5-15,23-24H,4H2,1-3H3/t23-/m0/s1. The molecule has 24 heavy (non-hydrogen) atoms. The summed E-state index contributed by atoms with van der Waals surface area (Å²) in [5, 5.41) is 10.4. The second-order valence-corrected chi connectivity index (χ2v) is 6.47. The smallest absolute Gasteiger partial charge is 0.0793 e. The lowest BCUT2D eigenvalue weighted by atomic mass is 9.90. The van der Waals surface area contributed by atoms with Gasteiger partial charge in [0, 0.05) is 0 Å². The van der Waals surface area contributed by atoms with E-state index in [0.717, 1.165) is 16.7 Å². The largest absolute Gasteiger partial charge is 0.388 e. The van der Waals surface area contributed by atoms with E-state index in [2.05, 4.69) is 80.6 Å². The van der Waals surface area contributed by atoms with E-state index in [0.29, 0.717) is 6.42 Å². The zero-order valence-electron chi connectivity index (χ0n) is 14.6. The molecule has 0 amide bonds. The van der Waals surface area contributed by atoms with Crippen molar-refractivity contribution in [2.75, 3.05) is 0 Å². The third-order valence-corrected chi connectivity index (χ3v) is 4.48. The van der Waals surface area contributed by atoms with Crippen molar-refractivity contribution in [1.29, 1.82) is 0 Å². The third kappa shape index (κ3) is 3.42. The maximum atomic E-state index is 10.4.